The minimum atomic E-state index is -1.86. The number of nitrogens with zero attached hydrogens (tertiary/aromatic N) is 5. The number of esters is 1. The maximum absolute atomic E-state index is 14.9. The van der Waals surface area contributed by atoms with E-state index in [1.165, 1.54) is 25.8 Å². The summed E-state index contributed by atoms with van der Waals surface area (Å²) in [5, 5.41) is 71.5. The summed E-state index contributed by atoms with van der Waals surface area (Å²) in [6.07, 6.45) is -8.20. The van der Waals surface area contributed by atoms with Gasteiger partial charge in [-0.25, -0.2) is 9.07 Å². The van der Waals surface area contributed by atoms with Crippen LogP contribution in [0.3, 0.4) is 0 Å². The first kappa shape index (κ1) is 63.5. The van der Waals surface area contributed by atoms with Crippen LogP contribution in [0.15, 0.2) is 30.5 Å². The number of methoxy groups -OCH3 is 2. The van der Waals surface area contributed by atoms with E-state index in [2.05, 4.69) is 15.6 Å². The number of rotatable bonds is 19. The molecule has 76 heavy (non-hydrogen) atoms. The van der Waals surface area contributed by atoms with Crippen LogP contribution in [0.4, 0.5) is 4.39 Å². The molecule has 1 amide bonds. The summed E-state index contributed by atoms with van der Waals surface area (Å²) in [4.78, 5) is 29.5. The molecule has 4 heterocycles. The lowest BCUT2D eigenvalue weighted by Crippen LogP contribution is -2.61. The highest BCUT2D eigenvalue weighted by atomic mass is 19.1. The SMILES string of the molecule is CC[C@H]1OC(=O)[C@H](C)[C@@H](O[C@H]2C[C@@](C)(OC)[C@@H](O)[C@H](C)O2)[C@H](C)[C@@H](O[C@@H]2O[C@H](C)C[C@H](N(C)CCc3cn([C@H](CF)[C@H](OC)c4ccc(CNCC(N)=O)cc4)nn3)[C@H]2O)[C@](C)(O)C[C@@H](C)CN(C)[C@H](C)[C@@H](O)[C@]1(C)O. The van der Waals surface area contributed by atoms with Gasteiger partial charge >= 0.3 is 5.97 Å². The van der Waals surface area contributed by atoms with E-state index >= 15 is 0 Å². The predicted molar refractivity (Wildman–Crippen MR) is 279 cm³/mol. The number of ether oxygens (including phenoxy) is 7. The predicted octanol–water partition coefficient (Wildman–Crippen LogP) is 2.58. The van der Waals surface area contributed by atoms with Crippen LogP contribution in [0.1, 0.15) is 124 Å². The van der Waals surface area contributed by atoms with E-state index in [0.29, 0.717) is 38.2 Å². The molecule has 0 bridgehead atoms. The molecule has 20 atom stereocenters. The van der Waals surface area contributed by atoms with Crippen molar-refractivity contribution in [2.24, 2.45) is 23.5 Å². The van der Waals surface area contributed by atoms with Crippen molar-refractivity contribution in [1.29, 1.82) is 0 Å². The molecule has 3 fully saturated rings. The Morgan fingerprint density at radius 1 is 1.01 bits per heavy atom. The molecule has 5 rings (SSSR count). The molecular weight excluding hydrogens is 990 g/mol. The molecular formula is C54H92FN7O14. The Labute approximate surface area is 449 Å². The first-order chi connectivity index (χ1) is 35.6. The first-order valence-corrected chi connectivity index (χ1v) is 27.0. The highest BCUT2D eigenvalue weighted by Gasteiger charge is 2.53. The molecule has 8 N–H and O–H groups in total. The summed E-state index contributed by atoms with van der Waals surface area (Å²) in [6, 6.07) is 5.49. The molecule has 3 aliphatic rings. The van der Waals surface area contributed by atoms with Gasteiger partial charge in [0.15, 0.2) is 12.6 Å². The van der Waals surface area contributed by atoms with Gasteiger partial charge in [0.1, 0.15) is 48.8 Å². The van der Waals surface area contributed by atoms with Gasteiger partial charge in [0.25, 0.3) is 0 Å². The molecule has 3 aliphatic heterocycles. The largest absolute Gasteiger partial charge is 0.459 e. The number of likely N-dealkylation sites (N-methyl/N-ethyl adjacent to an activating group) is 2. The Morgan fingerprint density at radius 3 is 2.29 bits per heavy atom. The Balaban J connectivity index is 1.41. The number of carbonyl (C=O) groups is 2. The summed E-state index contributed by atoms with van der Waals surface area (Å²) in [6.45, 7) is 17.9. The molecule has 0 radical (unpaired) electrons. The van der Waals surface area contributed by atoms with E-state index in [-0.39, 0.29) is 31.7 Å². The normalized spacial score (nSPS) is 38.5. The van der Waals surface area contributed by atoms with E-state index < -0.39 is 133 Å². The minimum absolute atomic E-state index is 0.0444. The molecule has 0 aliphatic carbocycles. The Bertz CT molecular complexity index is 2130. The fraction of sp³-hybridized carbons (Fsp3) is 0.815. The summed E-state index contributed by atoms with van der Waals surface area (Å²) in [7, 11) is 6.69. The third-order valence-corrected chi connectivity index (χ3v) is 16.4. The number of nitrogens with two attached hydrogens (primary N) is 1. The maximum atomic E-state index is 14.9. The number of benzene rings is 1. The highest BCUT2D eigenvalue weighted by Crippen LogP contribution is 2.41. The lowest BCUT2D eigenvalue weighted by atomic mass is 9.77. The average molecular weight is 1080 g/mol. The van der Waals surface area contributed by atoms with E-state index in [1.807, 2.05) is 62.0 Å². The van der Waals surface area contributed by atoms with Crippen molar-refractivity contribution in [3.8, 4) is 0 Å². The second kappa shape index (κ2) is 27.2. The van der Waals surface area contributed by atoms with Crippen LogP contribution in [0.25, 0.3) is 0 Å². The fourth-order valence-corrected chi connectivity index (χ4v) is 11.7. The van der Waals surface area contributed by atoms with Crippen molar-refractivity contribution in [1.82, 2.24) is 30.1 Å². The van der Waals surface area contributed by atoms with Crippen LogP contribution < -0.4 is 11.1 Å². The van der Waals surface area contributed by atoms with Gasteiger partial charge in [-0.15, -0.1) is 5.10 Å². The number of aromatic nitrogens is 3. The van der Waals surface area contributed by atoms with E-state index in [4.69, 9.17) is 38.9 Å². The monoisotopic (exact) mass is 1080 g/mol. The van der Waals surface area contributed by atoms with Crippen molar-refractivity contribution in [2.45, 2.75) is 210 Å². The van der Waals surface area contributed by atoms with Gasteiger partial charge in [0.05, 0.1) is 53.8 Å². The van der Waals surface area contributed by atoms with Gasteiger partial charge in [0.2, 0.25) is 5.91 Å². The number of carbonyl (C=O) groups excluding carboxylic acids is 2. The van der Waals surface area contributed by atoms with Crippen LogP contribution in [0.2, 0.25) is 0 Å². The Kier molecular flexibility index (Phi) is 22.7. The Hall–Kier alpha value is -3.33. The molecule has 1 aromatic carbocycles. The summed E-state index contributed by atoms with van der Waals surface area (Å²) in [5.41, 5.74) is 2.85. The number of hydrogen-bond donors (Lipinski definition) is 7. The third-order valence-electron chi connectivity index (χ3n) is 16.4. The van der Waals surface area contributed by atoms with Crippen molar-refractivity contribution in [2.75, 3.05) is 54.6 Å². The number of amides is 1. The zero-order valence-electron chi connectivity index (χ0n) is 47.4. The molecule has 434 valence electrons. The highest BCUT2D eigenvalue weighted by molar-refractivity contribution is 5.75. The molecule has 22 heteroatoms. The lowest BCUT2D eigenvalue weighted by Gasteiger charge is -2.49. The number of primary amides is 1. The van der Waals surface area contributed by atoms with Gasteiger partial charge in [-0.3, -0.25) is 9.59 Å². The van der Waals surface area contributed by atoms with Crippen molar-refractivity contribution >= 4 is 11.9 Å². The number of halogens is 1. The number of aliphatic hydroxyl groups is 5. The van der Waals surface area contributed by atoms with Crippen molar-refractivity contribution in [3.63, 3.8) is 0 Å². The molecule has 21 nitrogen and oxygen atoms in total. The third kappa shape index (κ3) is 15.3. The first-order valence-electron chi connectivity index (χ1n) is 27.0. The maximum Gasteiger partial charge on any atom is 0.311 e. The number of hydrogen-bond acceptors (Lipinski definition) is 19. The fourth-order valence-electron chi connectivity index (χ4n) is 11.7. The molecule has 0 spiro atoms. The summed E-state index contributed by atoms with van der Waals surface area (Å²) in [5.74, 6) is -3.37. The number of nitrogens with one attached hydrogen (secondary N) is 1. The zero-order valence-corrected chi connectivity index (χ0v) is 47.4. The molecule has 0 unspecified atom stereocenters. The van der Waals surface area contributed by atoms with Crippen LogP contribution in [0.5, 0.6) is 0 Å². The van der Waals surface area contributed by atoms with Gasteiger partial charge < -0.3 is 79.5 Å². The van der Waals surface area contributed by atoms with E-state index in [1.54, 1.807) is 54.7 Å². The lowest BCUT2D eigenvalue weighted by molar-refractivity contribution is -0.318. The summed E-state index contributed by atoms with van der Waals surface area (Å²) >= 11 is 0. The topological polar surface area (TPSA) is 275 Å². The quantitative estimate of drug-likeness (QED) is 0.0996. The van der Waals surface area contributed by atoms with Gasteiger partial charge in [0, 0.05) is 70.9 Å². The molecule has 3 saturated heterocycles. The second-order valence-electron chi connectivity index (χ2n) is 22.8. The number of alkyl halides is 1. The second-order valence-corrected chi connectivity index (χ2v) is 22.8. The van der Waals surface area contributed by atoms with E-state index in [9.17, 15) is 39.5 Å². The van der Waals surface area contributed by atoms with Crippen LogP contribution in [0, 0.1) is 17.8 Å². The Morgan fingerprint density at radius 2 is 1.68 bits per heavy atom. The summed E-state index contributed by atoms with van der Waals surface area (Å²) < 4.78 is 60.4. The smallest absolute Gasteiger partial charge is 0.311 e. The standard InChI is InChI=1S/C54H92FN7O14/c1-15-41-54(10,69)47(65)34(6)61(12)28-30(2)23-52(8,68)49(32(4)45(33(5)50(67)74-41)75-43-24-53(9,71-14)48(66)35(7)73-43)76-51-44(64)39(22-31(3)72-51)60(11)21-20-38-29-62(59-58-38)40(25-55)46(70-13)37-18-16-36(17-19-37)26-57-27-42(56)63/h16-19,29-35,39-41,43-49,51,57,64-66,68-69H,15,20-28H2,1-14H3,(H2,56,63)/t30-,31-,32+,33-,34-,35+,39+,40-,41-,43+,44-,45+,46-,47-,48+,49-,51+,52-,53-,54-/m1/s1. The van der Waals surface area contributed by atoms with Crippen molar-refractivity contribution < 1.29 is 72.7 Å². The molecule has 2 aromatic rings. The van der Waals surface area contributed by atoms with Gasteiger partial charge in [-0.1, -0.05) is 50.3 Å². The van der Waals surface area contributed by atoms with Crippen LogP contribution in [-0.4, -0.2) is 207 Å². The van der Waals surface area contributed by atoms with Crippen molar-refractivity contribution in [3.05, 3.63) is 47.3 Å². The zero-order chi connectivity index (χ0) is 56.6. The molecule has 1 aromatic heterocycles. The number of cyclic esters (lactones) is 1. The van der Waals surface area contributed by atoms with Crippen LogP contribution >= 0.6 is 0 Å². The average Bonchev–Trinajstić information content (AvgIpc) is 3.84. The number of aliphatic hydroxyl groups excluding tert-OH is 3. The van der Waals surface area contributed by atoms with Gasteiger partial charge in [-0.2, -0.15) is 0 Å². The van der Waals surface area contributed by atoms with Crippen LogP contribution in [-0.2, 0) is 55.7 Å². The van der Waals surface area contributed by atoms with Gasteiger partial charge in [-0.05, 0) is 98.9 Å². The van der Waals surface area contributed by atoms with E-state index in [0.717, 1.165) is 11.1 Å². The molecule has 0 saturated carbocycles. The minimum Gasteiger partial charge on any atom is -0.459 e.